The Morgan fingerprint density at radius 1 is 0.266 bits per heavy atom. The fourth-order valence-electron chi connectivity index (χ4n) is 8.80. The number of esters is 3. The topological polar surface area (TPSA) is 114 Å². The number of rotatable bonds is 53. The number of ether oxygens (including phenoxy) is 3. The lowest BCUT2D eigenvalue weighted by Crippen LogP contribution is -2.30. The maximum Gasteiger partial charge on any atom is 0.306 e. The van der Waals surface area contributed by atoms with Gasteiger partial charge in [0.05, 0.1) is 0 Å². The van der Waals surface area contributed by atoms with Gasteiger partial charge in [0.25, 0.3) is 0 Å². The molecule has 0 aliphatic rings. The number of unbranched alkanes of at least 4 members (excludes halogenated alkanes) is 42. The highest BCUT2D eigenvalue weighted by atomic mass is 16.6. The van der Waals surface area contributed by atoms with E-state index < -0.39 is 6.10 Å². The van der Waals surface area contributed by atoms with Crippen LogP contribution in [0.2, 0.25) is 0 Å². The summed E-state index contributed by atoms with van der Waals surface area (Å²) < 4.78 is 16.9. The maximum atomic E-state index is 12.8. The van der Waals surface area contributed by atoms with E-state index in [0.29, 0.717) is 19.3 Å². The van der Waals surface area contributed by atoms with Gasteiger partial charge in [-0.05, 0) is 19.3 Å². The third-order valence-corrected chi connectivity index (χ3v) is 13.1. The van der Waals surface area contributed by atoms with E-state index in [-0.39, 0.29) is 37.3 Å². The highest BCUT2D eigenvalue weighted by Crippen LogP contribution is 2.17. The second-order valence-electron chi connectivity index (χ2n) is 19.6. The summed E-state index contributed by atoms with van der Waals surface area (Å²) >= 11 is 0. The van der Waals surface area contributed by atoms with Crippen molar-refractivity contribution < 1.29 is 28.6 Å². The molecule has 0 aliphatic carbocycles. The molecule has 0 amide bonds. The van der Waals surface area contributed by atoms with Crippen LogP contribution in [0.5, 0.6) is 0 Å². The lowest BCUT2D eigenvalue weighted by Gasteiger charge is -2.18. The van der Waals surface area contributed by atoms with Gasteiger partial charge in [-0.25, -0.2) is 0 Å². The molecule has 0 aromatic carbocycles. The van der Waals surface area contributed by atoms with Crippen molar-refractivity contribution in [3.05, 3.63) is 0 Å². The Labute approximate surface area is 399 Å². The summed E-state index contributed by atoms with van der Waals surface area (Å²) in [7, 11) is 0. The van der Waals surface area contributed by atoms with Crippen LogP contribution in [0.15, 0.2) is 0 Å². The Balaban J connectivity index is 0. The third kappa shape index (κ3) is 53.0. The summed E-state index contributed by atoms with van der Waals surface area (Å²) in [4.78, 5) is 38.1. The highest BCUT2D eigenvalue weighted by Gasteiger charge is 2.19. The molecule has 0 unspecified atom stereocenters. The monoisotopic (exact) mass is 908 g/mol. The lowest BCUT2D eigenvalue weighted by molar-refractivity contribution is -0.167. The molecule has 0 spiro atoms. The summed E-state index contributed by atoms with van der Waals surface area (Å²) in [6.45, 7) is 6.71. The molecule has 0 heterocycles. The molecule has 7 nitrogen and oxygen atoms in total. The average Bonchev–Trinajstić information content (AvgIpc) is 3.28. The Morgan fingerprint density at radius 3 is 0.641 bits per heavy atom. The predicted octanol–water partition coefficient (Wildman–Crippen LogP) is 18.9. The second kappa shape index (κ2) is 55.7. The van der Waals surface area contributed by atoms with E-state index in [9.17, 15) is 14.4 Å². The van der Waals surface area contributed by atoms with Gasteiger partial charge in [0.2, 0.25) is 0 Å². The summed E-state index contributed by atoms with van der Waals surface area (Å²) in [5, 5.41) is 0. The minimum absolute atomic E-state index is 0. The van der Waals surface area contributed by atoms with Gasteiger partial charge in [0, 0.05) is 19.3 Å². The largest absolute Gasteiger partial charge is 0.462 e. The maximum absolute atomic E-state index is 12.8. The molecule has 0 saturated carbocycles. The zero-order valence-corrected chi connectivity index (χ0v) is 43.6. The summed E-state index contributed by atoms with van der Waals surface area (Å²) in [6, 6.07) is 0. The Hall–Kier alpha value is -1.63. The first-order valence-corrected chi connectivity index (χ1v) is 28.5. The second-order valence-corrected chi connectivity index (χ2v) is 19.6. The van der Waals surface area contributed by atoms with Crippen LogP contribution in [0.25, 0.3) is 0 Å². The molecule has 3 N–H and O–H groups in total. The van der Waals surface area contributed by atoms with Crippen molar-refractivity contribution in [2.45, 2.75) is 335 Å². The first-order valence-electron chi connectivity index (χ1n) is 28.5. The van der Waals surface area contributed by atoms with E-state index in [1.807, 2.05) is 0 Å². The van der Waals surface area contributed by atoms with E-state index >= 15 is 0 Å². The van der Waals surface area contributed by atoms with Gasteiger partial charge in [-0.15, -0.1) is 0 Å². The fourth-order valence-corrected chi connectivity index (χ4v) is 8.80. The van der Waals surface area contributed by atoms with Gasteiger partial charge < -0.3 is 20.4 Å². The van der Waals surface area contributed by atoms with Crippen LogP contribution in [0.4, 0.5) is 0 Å². The first kappa shape index (κ1) is 64.5. The van der Waals surface area contributed by atoms with Gasteiger partial charge in [0.1, 0.15) is 13.2 Å². The molecule has 0 aliphatic heterocycles. The van der Waals surface area contributed by atoms with E-state index in [1.54, 1.807) is 0 Å². The normalized spacial score (nSPS) is 11.2. The van der Waals surface area contributed by atoms with Crippen molar-refractivity contribution in [2.24, 2.45) is 0 Å². The number of carbonyl (C=O) groups excluding carboxylic acids is 3. The van der Waals surface area contributed by atoms with Gasteiger partial charge >= 0.3 is 17.9 Å². The minimum atomic E-state index is -0.760. The highest BCUT2D eigenvalue weighted by molar-refractivity contribution is 5.71. The smallest absolute Gasteiger partial charge is 0.306 e. The molecule has 0 saturated heterocycles. The van der Waals surface area contributed by atoms with E-state index in [1.165, 1.54) is 231 Å². The molecule has 64 heavy (non-hydrogen) atoms. The number of hydrogen-bond acceptors (Lipinski definition) is 7. The molecule has 0 aromatic rings. The van der Waals surface area contributed by atoms with Crippen molar-refractivity contribution >= 4 is 17.9 Å². The molecular formula is C57H113NO6. The summed E-state index contributed by atoms with van der Waals surface area (Å²) in [6.07, 6.45) is 58.0. The lowest BCUT2D eigenvalue weighted by atomic mass is 10.0. The molecule has 0 rings (SSSR count). The molecular weight excluding hydrogens is 795 g/mol. The standard InChI is InChI=1S/C57H110O6.H3N/c1-4-7-10-13-16-19-22-25-28-31-34-37-40-43-46-49-55(58)61-52-54(63-57(60)51-48-45-42-39-36-33-30-27-24-21-18-15-12-9-6-3)53-62-56(59)50-47-44-41-38-35-32-29-26-23-20-17-14-11-8-5-2;/h54H,4-53H2,1-3H3;1H3. The van der Waals surface area contributed by atoms with Crippen LogP contribution < -0.4 is 6.15 Å². The molecule has 0 fully saturated rings. The van der Waals surface area contributed by atoms with E-state index in [4.69, 9.17) is 14.2 Å². The van der Waals surface area contributed by atoms with Crippen molar-refractivity contribution in [3.8, 4) is 0 Å². The molecule has 382 valence electrons. The van der Waals surface area contributed by atoms with Crippen molar-refractivity contribution in [3.63, 3.8) is 0 Å². The molecule has 0 atom stereocenters. The van der Waals surface area contributed by atoms with E-state index in [0.717, 1.165) is 57.8 Å². The van der Waals surface area contributed by atoms with Crippen molar-refractivity contribution in [2.75, 3.05) is 13.2 Å². The minimum Gasteiger partial charge on any atom is -0.462 e. The van der Waals surface area contributed by atoms with Crippen LogP contribution in [-0.2, 0) is 28.6 Å². The summed E-state index contributed by atoms with van der Waals surface area (Å²) in [5.74, 6) is -0.832. The van der Waals surface area contributed by atoms with Crippen molar-refractivity contribution in [1.29, 1.82) is 0 Å². The van der Waals surface area contributed by atoms with Crippen LogP contribution in [0.1, 0.15) is 329 Å². The quantitative estimate of drug-likeness (QED) is 0.0367. The summed E-state index contributed by atoms with van der Waals surface area (Å²) in [5.41, 5.74) is 0. The van der Waals surface area contributed by atoms with Crippen LogP contribution in [-0.4, -0.2) is 37.2 Å². The first-order chi connectivity index (χ1) is 31.0. The van der Waals surface area contributed by atoms with Crippen LogP contribution >= 0.6 is 0 Å². The number of hydrogen-bond donors (Lipinski definition) is 1. The Kier molecular flexibility index (Phi) is 56.1. The predicted molar refractivity (Wildman–Crippen MR) is 275 cm³/mol. The molecule has 0 radical (unpaired) electrons. The molecule has 0 bridgehead atoms. The Morgan fingerprint density at radius 2 is 0.438 bits per heavy atom. The van der Waals surface area contributed by atoms with Gasteiger partial charge in [-0.3, -0.25) is 14.4 Å². The van der Waals surface area contributed by atoms with Crippen molar-refractivity contribution in [1.82, 2.24) is 6.15 Å². The average molecular weight is 909 g/mol. The van der Waals surface area contributed by atoms with Gasteiger partial charge in [0.15, 0.2) is 6.10 Å². The molecule has 7 heteroatoms. The zero-order chi connectivity index (χ0) is 45.8. The number of carbonyl (C=O) groups is 3. The molecule has 0 aromatic heterocycles. The van der Waals surface area contributed by atoms with Gasteiger partial charge in [-0.2, -0.15) is 0 Å². The SMILES string of the molecule is CCCCCCCCCCCCCCCCCC(=O)OCC(COC(=O)CCCCCCCCCCCCCCCCC)OC(=O)CCCCCCCCCCCCCCCCC.N. The third-order valence-electron chi connectivity index (χ3n) is 13.1. The van der Waals surface area contributed by atoms with E-state index in [2.05, 4.69) is 20.8 Å². The fraction of sp³-hybridized carbons (Fsp3) is 0.947. The Bertz CT molecular complexity index is 893. The zero-order valence-electron chi connectivity index (χ0n) is 43.6. The van der Waals surface area contributed by atoms with Crippen LogP contribution in [0.3, 0.4) is 0 Å². The van der Waals surface area contributed by atoms with Gasteiger partial charge in [-0.1, -0.05) is 290 Å². The van der Waals surface area contributed by atoms with Crippen LogP contribution in [0, 0.1) is 0 Å².